The Morgan fingerprint density at radius 2 is 1.83 bits per heavy atom. The highest BCUT2D eigenvalue weighted by atomic mass is 16.3. The van der Waals surface area contributed by atoms with E-state index in [1.54, 1.807) is 31.3 Å². The SMILES string of the molecule is C=C(/C=C\C(N)=O)C1=CCC(C(=O)N2CCCC2/C=C/c2cc(C(N)=NC)ccc2O)C=C1.Cc1cccc(C)c1. The summed E-state index contributed by atoms with van der Waals surface area (Å²) in [7, 11) is 1.62. The number of primary amides is 1. The summed E-state index contributed by atoms with van der Waals surface area (Å²) in [5, 5.41) is 10.2. The van der Waals surface area contributed by atoms with Crippen LogP contribution in [0, 0.1) is 19.8 Å². The Labute approximate surface area is 243 Å². The fraction of sp³-hybridized carbons (Fsp3) is 0.265. The number of nitrogens with two attached hydrogens (primary N) is 2. The summed E-state index contributed by atoms with van der Waals surface area (Å²) in [5.41, 5.74) is 16.6. The molecule has 1 heterocycles. The molecule has 1 aliphatic heterocycles. The lowest BCUT2D eigenvalue weighted by atomic mass is 9.92. The summed E-state index contributed by atoms with van der Waals surface area (Å²) in [6, 6.07) is 13.5. The topological polar surface area (TPSA) is 122 Å². The van der Waals surface area contributed by atoms with Crippen molar-refractivity contribution in [3.63, 3.8) is 0 Å². The number of amidine groups is 1. The quantitative estimate of drug-likeness (QED) is 0.191. The fourth-order valence-corrected chi connectivity index (χ4v) is 4.80. The number of benzene rings is 2. The van der Waals surface area contributed by atoms with Gasteiger partial charge in [-0.2, -0.15) is 0 Å². The lowest BCUT2D eigenvalue weighted by Gasteiger charge is -2.27. The molecule has 7 nitrogen and oxygen atoms in total. The number of hydrogen-bond donors (Lipinski definition) is 3. The zero-order valence-electron chi connectivity index (χ0n) is 24.1. The molecule has 4 rings (SSSR count). The number of likely N-dealkylation sites (tertiary alicyclic amines) is 1. The maximum absolute atomic E-state index is 13.2. The Kier molecular flexibility index (Phi) is 11.0. The van der Waals surface area contributed by atoms with Gasteiger partial charge in [-0.1, -0.05) is 72.4 Å². The first kappa shape index (κ1) is 30.9. The molecule has 0 saturated carbocycles. The number of carbonyl (C=O) groups is 2. The number of rotatable bonds is 7. The van der Waals surface area contributed by atoms with Crippen molar-refractivity contribution in [3.8, 4) is 5.75 Å². The van der Waals surface area contributed by atoms with Crippen molar-refractivity contribution in [2.45, 2.75) is 39.2 Å². The fourth-order valence-electron chi connectivity index (χ4n) is 4.80. The second kappa shape index (κ2) is 14.7. The average Bonchev–Trinajstić information content (AvgIpc) is 3.43. The highest BCUT2D eigenvalue weighted by Crippen LogP contribution is 2.28. The van der Waals surface area contributed by atoms with Gasteiger partial charge in [-0.05, 0) is 68.5 Å². The average molecular weight is 553 g/mol. The van der Waals surface area contributed by atoms with Crippen LogP contribution >= 0.6 is 0 Å². The van der Waals surface area contributed by atoms with Crippen LogP contribution in [0.4, 0.5) is 0 Å². The van der Waals surface area contributed by atoms with Crippen LogP contribution in [0.25, 0.3) is 6.08 Å². The van der Waals surface area contributed by atoms with Crippen molar-refractivity contribution in [1.29, 1.82) is 0 Å². The second-order valence-electron chi connectivity index (χ2n) is 10.3. The Bertz CT molecular complexity index is 1410. The normalized spacial score (nSPS) is 18.8. The number of allylic oxidation sites excluding steroid dienone is 5. The van der Waals surface area contributed by atoms with Crippen LogP contribution < -0.4 is 11.5 Å². The lowest BCUT2D eigenvalue weighted by molar-refractivity contribution is -0.134. The molecule has 2 amide bonds. The summed E-state index contributed by atoms with van der Waals surface area (Å²) in [6.45, 7) is 8.85. The minimum absolute atomic E-state index is 0.0370. The van der Waals surface area contributed by atoms with E-state index < -0.39 is 5.91 Å². The molecule has 2 atom stereocenters. The monoisotopic (exact) mass is 552 g/mol. The third-order valence-corrected chi connectivity index (χ3v) is 7.05. The van der Waals surface area contributed by atoms with Crippen molar-refractivity contribution in [2.75, 3.05) is 13.6 Å². The molecular weight excluding hydrogens is 512 g/mol. The van der Waals surface area contributed by atoms with E-state index in [0.717, 1.165) is 24.0 Å². The second-order valence-corrected chi connectivity index (χ2v) is 10.3. The molecule has 214 valence electrons. The van der Waals surface area contributed by atoms with Crippen molar-refractivity contribution in [1.82, 2.24) is 4.90 Å². The van der Waals surface area contributed by atoms with Gasteiger partial charge in [-0.25, -0.2) is 0 Å². The number of nitrogens with zero attached hydrogens (tertiary/aromatic N) is 2. The molecule has 1 aliphatic carbocycles. The minimum Gasteiger partial charge on any atom is -0.507 e. The zero-order chi connectivity index (χ0) is 29.9. The minimum atomic E-state index is -0.528. The standard InChI is InChI=1S/C26H30N4O3.C8H10/c1-17(5-14-24(27)32)18-6-8-19(9-7-18)26(33)30-15-3-4-22(30)12-10-20-16-21(25(28)29-2)11-13-23(20)31;1-7-4-3-5-8(2)6-7/h5-8,10-14,16,19,22,31H,1,3-4,9,15H2,2H3,(H2,27,32)(H2,28,29);3-6H,1-2H3/b12-10+,14-5-;. The number of aryl methyl sites for hydroxylation is 2. The number of carbonyl (C=O) groups excluding carboxylic acids is 2. The van der Waals surface area contributed by atoms with Gasteiger partial charge in [0.05, 0.1) is 12.0 Å². The molecular formula is C34H40N4O3. The molecule has 5 N–H and O–H groups in total. The van der Waals surface area contributed by atoms with Crippen molar-refractivity contribution >= 4 is 23.7 Å². The number of phenolic OH excluding ortho intramolecular Hbond substituents is 1. The van der Waals surface area contributed by atoms with Gasteiger partial charge in [0.25, 0.3) is 0 Å². The molecule has 0 aromatic heterocycles. The number of amides is 2. The largest absolute Gasteiger partial charge is 0.507 e. The van der Waals surface area contributed by atoms with Gasteiger partial charge in [0.1, 0.15) is 11.6 Å². The third kappa shape index (κ3) is 8.93. The smallest absolute Gasteiger partial charge is 0.241 e. The van der Waals surface area contributed by atoms with Gasteiger partial charge in [0.2, 0.25) is 11.8 Å². The maximum Gasteiger partial charge on any atom is 0.241 e. The van der Waals surface area contributed by atoms with E-state index >= 15 is 0 Å². The first-order chi connectivity index (χ1) is 19.6. The lowest BCUT2D eigenvalue weighted by Crippen LogP contribution is -2.38. The summed E-state index contributed by atoms with van der Waals surface area (Å²) >= 11 is 0. The highest BCUT2D eigenvalue weighted by molar-refractivity contribution is 5.98. The predicted octanol–water partition coefficient (Wildman–Crippen LogP) is 5.14. The number of phenols is 1. The van der Waals surface area contributed by atoms with Crippen molar-refractivity contribution < 1.29 is 14.7 Å². The van der Waals surface area contributed by atoms with Crippen molar-refractivity contribution in [3.05, 3.63) is 119 Å². The van der Waals surface area contributed by atoms with Gasteiger partial charge in [0.15, 0.2) is 0 Å². The van der Waals surface area contributed by atoms with Gasteiger partial charge in [0, 0.05) is 30.8 Å². The van der Waals surface area contributed by atoms with Crippen LogP contribution in [-0.2, 0) is 9.59 Å². The number of hydrogen-bond acceptors (Lipinski definition) is 4. The Hall–Kier alpha value is -4.65. The first-order valence-corrected chi connectivity index (χ1v) is 13.7. The van der Waals surface area contributed by atoms with Crippen molar-refractivity contribution in [2.24, 2.45) is 22.4 Å². The van der Waals surface area contributed by atoms with Crippen LogP contribution in [0.5, 0.6) is 5.75 Å². The van der Waals surface area contributed by atoms with Gasteiger partial charge < -0.3 is 21.5 Å². The van der Waals surface area contributed by atoms with Crippen LogP contribution in [0.3, 0.4) is 0 Å². The van der Waals surface area contributed by atoms with E-state index in [1.165, 1.54) is 17.2 Å². The molecule has 41 heavy (non-hydrogen) atoms. The van der Waals surface area contributed by atoms with Gasteiger partial charge >= 0.3 is 0 Å². The Morgan fingerprint density at radius 1 is 1.10 bits per heavy atom. The molecule has 2 aromatic carbocycles. The molecule has 2 unspecified atom stereocenters. The molecule has 0 radical (unpaired) electrons. The van der Waals surface area contributed by atoms with E-state index in [9.17, 15) is 14.7 Å². The first-order valence-electron chi connectivity index (χ1n) is 13.7. The number of aromatic hydroxyl groups is 1. The molecule has 0 bridgehead atoms. The van der Waals surface area contributed by atoms with E-state index in [0.29, 0.717) is 29.9 Å². The number of aliphatic imine (C=N–C) groups is 1. The summed E-state index contributed by atoms with van der Waals surface area (Å²) in [4.78, 5) is 30.0. The highest BCUT2D eigenvalue weighted by Gasteiger charge is 2.31. The van der Waals surface area contributed by atoms with Crippen LogP contribution in [0.2, 0.25) is 0 Å². The Morgan fingerprint density at radius 3 is 2.41 bits per heavy atom. The van der Waals surface area contributed by atoms with E-state index in [-0.39, 0.29) is 23.6 Å². The third-order valence-electron chi connectivity index (χ3n) is 7.05. The molecule has 7 heteroatoms. The summed E-state index contributed by atoms with van der Waals surface area (Å²) < 4.78 is 0. The summed E-state index contributed by atoms with van der Waals surface area (Å²) in [6.07, 6.45) is 14.7. The van der Waals surface area contributed by atoms with Crippen LogP contribution in [0.15, 0.2) is 102 Å². The predicted molar refractivity (Wildman–Crippen MR) is 167 cm³/mol. The Balaban J connectivity index is 0.000000496. The van der Waals surface area contributed by atoms with Gasteiger partial charge in [-0.3, -0.25) is 14.6 Å². The van der Waals surface area contributed by atoms with Crippen LogP contribution in [-0.4, -0.2) is 47.3 Å². The molecule has 1 saturated heterocycles. The summed E-state index contributed by atoms with van der Waals surface area (Å²) in [5.74, 6) is -0.153. The van der Waals surface area contributed by atoms with Crippen LogP contribution in [0.1, 0.15) is 41.5 Å². The van der Waals surface area contributed by atoms with Gasteiger partial charge in [-0.15, -0.1) is 0 Å². The molecule has 2 aliphatic rings. The van der Waals surface area contributed by atoms with E-state index in [2.05, 4.69) is 49.7 Å². The van der Waals surface area contributed by atoms with E-state index in [1.807, 2.05) is 35.3 Å². The maximum atomic E-state index is 13.2. The zero-order valence-corrected chi connectivity index (χ0v) is 24.1. The van der Waals surface area contributed by atoms with E-state index in [4.69, 9.17) is 11.5 Å². The molecule has 2 aromatic rings. The molecule has 0 spiro atoms. The molecule has 1 fully saturated rings.